The van der Waals surface area contributed by atoms with Crippen molar-refractivity contribution >= 4 is 0 Å². The third-order valence-electron chi connectivity index (χ3n) is 6.40. The highest BCUT2D eigenvalue weighted by atomic mass is 15.1. The van der Waals surface area contributed by atoms with Gasteiger partial charge in [0.05, 0.1) is 0 Å². The summed E-state index contributed by atoms with van der Waals surface area (Å²) in [5.74, 6) is 1.39. The normalized spacial score (nSPS) is 32.7. The fourth-order valence-electron chi connectivity index (χ4n) is 4.29. The van der Waals surface area contributed by atoms with E-state index in [2.05, 4.69) is 49.9 Å². The van der Waals surface area contributed by atoms with Crippen molar-refractivity contribution in [3.05, 3.63) is 35.4 Å². The zero-order valence-electron chi connectivity index (χ0n) is 13.8. The summed E-state index contributed by atoms with van der Waals surface area (Å²) >= 11 is 0. The van der Waals surface area contributed by atoms with Gasteiger partial charge in [0, 0.05) is 25.7 Å². The Morgan fingerprint density at radius 2 is 1.90 bits per heavy atom. The summed E-state index contributed by atoms with van der Waals surface area (Å²) < 4.78 is 0. The predicted octanol–water partition coefficient (Wildman–Crippen LogP) is 3.44. The molecule has 21 heavy (non-hydrogen) atoms. The first-order valence-corrected chi connectivity index (χ1v) is 8.53. The van der Waals surface area contributed by atoms with Crippen molar-refractivity contribution in [3.8, 4) is 0 Å². The number of hydrogen-bond acceptors (Lipinski definition) is 2. The van der Waals surface area contributed by atoms with E-state index in [0.717, 1.165) is 12.5 Å². The molecule has 1 fully saturated rings. The van der Waals surface area contributed by atoms with Crippen molar-refractivity contribution in [2.45, 2.75) is 52.6 Å². The van der Waals surface area contributed by atoms with Gasteiger partial charge in [-0.3, -0.25) is 4.90 Å². The number of hydrogen-bond donors (Lipinski definition) is 1. The molecular weight excluding hydrogens is 256 g/mol. The van der Waals surface area contributed by atoms with Gasteiger partial charge in [0.25, 0.3) is 0 Å². The predicted molar refractivity (Wildman–Crippen MR) is 89.1 cm³/mol. The first-order valence-electron chi connectivity index (χ1n) is 8.53. The lowest BCUT2D eigenvalue weighted by atomic mass is 9.61. The molecular formula is C19H30N2. The van der Waals surface area contributed by atoms with Gasteiger partial charge in [0.15, 0.2) is 0 Å². The van der Waals surface area contributed by atoms with E-state index in [9.17, 15) is 0 Å². The summed E-state index contributed by atoms with van der Waals surface area (Å²) in [6.07, 6.45) is 3.69. The van der Waals surface area contributed by atoms with Gasteiger partial charge in [-0.1, -0.05) is 45.0 Å². The second-order valence-electron chi connectivity index (χ2n) is 7.80. The van der Waals surface area contributed by atoms with E-state index in [1.54, 1.807) is 5.56 Å². The maximum absolute atomic E-state index is 6.30. The Bertz CT molecular complexity index is 494. The van der Waals surface area contributed by atoms with E-state index < -0.39 is 0 Å². The van der Waals surface area contributed by atoms with Gasteiger partial charge in [-0.05, 0) is 47.6 Å². The Hall–Kier alpha value is -0.860. The Morgan fingerprint density at radius 3 is 2.67 bits per heavy atom. The van der Waals surface area contributed by atoms with Gasteiger partial charge >= 0.3 is 0 Å². The second kappa shape index (κ2) is 5.73. The average molecular weight is 286 g/mol. The number of benzene rings is 1. The van der Waals surface area contributed by atoms with Gasteiger partial charge in [0.1, 0.15) is 0 Å². The number of nitrogens with zero attached hydrogens (tertiary/aromatic N) is 1. The fourth-order valence-corrected chi connectivity index (χ4v) is 4.29. The minimum Gasteiger partial charge on any atom is -0.327 e. The lowest BCUT2D eigenvalue weighted by Crippen LogP contribution is -2.50. The summed E-state index contributed by atoms with van der Waals surface area (Å²) in [5.41, 5.74) is 9.73. The molecule has 1 heterocycles. The van der Waals surface area contributed by atoms with Gasteiger partial charge in [-0.15, -0.1) is 0 Å². The van der Waals surface area contributed by atoms with Crippen LogP contribution < -0.4 is 5.73 Å². The van der Waals surface area contributed by atoms with Gasteiger partial charge in [0.2, 0.25) is 0 Å². The minimum atomic E-state index is 0.356. The van der Waals surface area contributed by atoms with E-state index in [-0.39, 0.29) is 0 Å². The minimum absolute atomic E-state index is 0.356. The van der Waals surface area contributed by atoms with Crippen molar-refractivity contribution in [1.82, 2.24) is 4.90 Å². The number of rotatable bonds is 2. The maximum Gasteiger partial charge on any atom is 0.0236 e. The molecule has 1 saturated carbocycles. The molecule has 0 spiro atoms. The lowest BCUT2D eigenvalue weighted by Gasteiger charge is -2.48. The van der Waals surface area contributed by atoms with E-state index >= 15 is 0 Å². The maximum atomic E-state index is 6.30. The molecule has 3 atom stereocenters. The highest BCUT2D eigenvalue weighted by Crippen LogP contribution is 2.44. The molecule has 116 valence electrons. The van der Waals surface area contributed by atoms with Gasteiger partial charge < -0.3 is 5.73 Å². The van der Waals surface area contributed by atoms with E-state index in [4.69, 9.17) is 5.73 Å². The van der Waals surface area contributed by atoms with Crippen LogP contribution in [0.5, 0.6) is 0 Å². The third kappa shape index (κ3) is 2.89. The van der Waals surface area contributed by atoms with Crippen LogP contribution >= 0.6 is 0 Å². The standard InChI is InChI=1S/C19H30N2/c1-14-18(20)9-8-17(19(14,2)3)13-21-11-10-15-6-4-5-7-16(15)12-21/h4-7,14,17-18H,8-13,20H2,1-3H3. The molecule has 0 aromatic heterocycles. The highest BCUT2D eigenvalue weighted by molar-refractivity contribution is 5.29. The third-order valence-corrected chi connectivity index (χ3v) is 6.40. The Kier molecular flexibility index (Phi) is 4.11. The molecule has 1 aromatic rings. The summed E-state index contributed by atoms with van der Waals surface area (Å²) in [5, 5.41) is 0. The second-order valence-corrected chi connectivity index (χ2v) is 7.80. The monoisotopic (exact) mass is 286 g/mol. The number of nitrogens with two attached hydrogens (primary N) is 1. The smallest absolute Gasteiger partial charge is 0.0236 e. The topological polar surface area (TPSA) is 29.3 Å². The van der Waals surface area contributed by atoms with Gasteiger partial charge in [-0.2, -0.15) is 0 Å². The van der Waals surface area contributed by atoms with Crippen LogP contribution in [0.1, 0.15) is 44.7 Å². The molecule has 1 aliphatic carbocycles. The van der Waals surface area contributed by atoms with Crippen LogP contribution in [0, 0.1) is 17.3 Å². The van der Waals surface area contributed by atoms with E-state index in [1.165, 1.54) is 37.9 Å². The molecule has 1 aliphatic heterocycles. The van der Waals surface area contributed by atoms with Crippen molar-refractivity contribution in [2.75, 3.05) is 13.1 Å². The van der Waals surface area contributed by atoms with Crippen LogP contribution in [0.4, 0.5) is 0 Å². The molecule has 0 bridgehead atoms. The molecule has 0 amide bonds. The van der Waals surface area contributed by atoms with Crippen LogP contribution in [0.2, 0.25) is 0 Å². The molecule has 2 aliphatic rings. The molecule has 2 N–H and O–H groups in total. The van der Waals surface area contributed by atoms with Crippen LogP contribution in [-0.4, -0.2) is 24.0 Å². The van der Waals surface area contributed by atoms with Crippen molar-refractivity contribution in [3.63, 3.8) is 0 Å². The fraction of sp³-hybridized carbons (Fsp3) is 0.684. The zero-order valence-corrected chi connectivity index (χ0v) is 13.8. The van der Waals surface area contributed by atoms with E-state index in [1.807, 2.05) is 0 Å². The zero-order chi connectivity index (χ0) is 15.0. The molecule has 0 saturated heterocycles. The largest absolute Gasteiger partial charge is 0.327 e. The van der Waals surface area contributed by atoms with Crippen LogP contribution in [0.15, 0.2) is 24.3 Å². The average Bonchev–Trinajstić information content (AvgIpc) is 2.48. The Balaban J connectivity index is 1.68. The number of fused-ring (bicyclic) bond motifs is 1. The molecule has 2 nitrogen and oxygen atoms in total. The summed E-state index contributed by atoms with van der Waals surface area (Å²) in [4.78, 5) is 2.66. The summed E-state index contributed by atoms with van der Waals surface area (Å²) in [6.45, 7) is 10.8. The van der Waals surface area contributed by atoms with E-state index in [0.29, 0.717) is 17.4 Å². The highest BCUT2D eigenvalue weighted by Gasteiger charge is 2.42. The van der Waals surface area contributed by atoms with Crippen LogP contribution in [0.3, 0.4) is 0 Å². The van der Waals surface area contributed by atoms with Crippen molar-refractivity contribution < 1.29 is 0 Å². The molecule has 3 rings (SSSR count). The van der Waals surface area contributed by atoms with Crippen molar-refractivity contribution in [1.29, 1.82) is 0 Å². The SMILES string of the molecule is CC1C(N)CCC(CN2CCc3ccccc3C2)C1(C)C. The molecule has 0 radical (unpaired) electrons. The first kappa shape index (κ1) is 15.1. The van der Waals surface area contributed by atoms with Crippen LogP contribution in [0.25, 0.3) is 0 Å². The summed E-state index contributed by atoms with van der Waals surface area (Å²) in [7, 11) is 0. The first-order chi connectivity index (χ1) is 9.98. The molecule has 1 aromatic carbocycles. The van der Waals surface area contributed by atoms with Crippen LogP contribution in [-0.2, 0) is 13.0 Å². The molecule has 2 heteroatoms. The lowest BCUT2D eigenvalue weighted by molar-refractivity contribution is 0.0257. The Labute approximate surface area is 129 Å². The Morgan fingerprint density at radius 1 is 1.19 bits per heavy atom. The van der Waals surface area contributed by atoms with Crippen molar-refractivity contribution in [2.24, 2.45) is 23.0 Å². The molecule has 3 unspecified atom stereocenters. The quantitative estimate of drug-likeness (QED) is 0.902. The van der Waals surface area contributed by atoms with Gasteiger partial charge in [-0.25, -0.2) is 0 Å². The summed E-state index contributed by atoms with van der Waals surface area (Å²) in [6, 6.07) is 9.32.